The topological polar surface area (TPSA) is 23.5 Å². The van der Waals surface area contributed by atoms with Gasteiger partial charge in [-0.15, -0.1) is 0 Å². The molecule has 2 heteroatoms. The van der Waals surface area contributed by atoms with Gasteiger partial charge in [-0.1, -0.05) is 85.0 Å². The molecule has 0 fully saturated rings. The third-order valence-corrected chi connectivity index (χ3v) is 3.81. The predicted molar refractivity (Wildman–Crippen MR) is 97.1 cm³/mol. The number of hydrogen-bond donors (Lipinski definition) is 1. The molecule has 0 aliphatic heterocycles. The molecule has 0 saturated heterocycles. The molecule has 2 aromatic carbocycles. The fourth-order valence-electron chi connectivity index (χ4n) is 2.61. The fraction of sp³-hybridized carbons (Fsp3) is 0.238. The Hall–Kier alpha value is -2.16. The molecule has 0 amide bonds. The van der Waals surface area contributed by atoms with Crippen LogP contribution in [0.4, 0.5) is 0 Å². The number of aliphatic hydroxyl groups excluding tert-OH is 1. The lowest BCUT2D eigenvalue weighted by Gasteiger charge is -2.30. The molecule has 120 valence electrons. The van der Waals surface area contributed by atoms with E-state index in [1.165, 1.54) is 5.56 Å². The number of nitrogens with zero attached hydrogens (tertiary/aromatic N) is 1. The van der Waals surface area contributed by atoms with Gasteiger partial charge >= 0.3 is 0 Å². The van der Waals surface area contributed by atoms with Crippen LogP contribution in [-0.2, 0) is 6.54 Å². The first kappa shape index (κ1) is 17.2. The monoisotopic (exact) mass is 307 g/mol. The second-order valence-corrected chi connectivity index (χ2v) is 5.48. The summed E-state index contributed by atoms with van der Waals surface area (Å²) in [6.45, 7) is 3.71. The van der Waals surface area contributed by atoms with E-state index in [4.69, 9.17) is 0 Å². The van der Waals surface area contributed by atoms with E-state index >= 15 is 0 Å². The van der Waals surface area contributed by atoms with Crippen molar-refractivity contribution in [1.82, 2.24) is 4.90 Å². The van der Waals surface area contributed by atoms with Crippen molar-refractivity contribution in [2.24, 2.45) is 0 Å². The largest absolute Gasteiger partial charge is 0.394 e. The van der Waals surface area contributed by atoms with Crippen LogP contribution in [0.25, 0.3) is 0 Å². The molecular weight excluding hydrogens is 282 g/mol. The molecule has 0 unspecified atom stereocenters. The first-order valence-corrected chi connectivity index (χ1v) is 8.06. The van der Waals surface area contributed by atoms with E-state index in [1.54, 1.807) is 0 Å². The zero-order chi connectivity index (χ0) is 16.3. The molecule has 2 rings (SSSR count). The van der Waals surface area contributed by atoms with Crippen molar-refractivity contribution >= 4 is 0 Å². The van der Waals surface area contributed by atoms with E-state index < -0.39 is 0 Å². The lowest BCUT2D eigenvalue weighted by Crippen LogP contribution is -2.31. The van der Waals surface area contributed by atoms with Crippen molar-refractivity contribution in [3.05, 3.63) is 96.1 Å². The summed E-state index contributed by atoms with van der Waals surface area (Å²) in [5.74, 6) is 0. The van der Waals surface area contributed by atoms with Crippen LogP contribution >= 0.6 is 0 Å². The van der Waals surface area contributed by atoms with Crippen molar-refractivity contribution in [3.63, 3.8) is 0 Å². The lowest BCUT2D eigenvalue weighted by atomic mass is 10.0. The van der Waals surface area contributed by atoms with Crippen molar-refractivity contribution in [2.75, 3.05) is 13.2 Å². The summed E-state index contributed by atoms with van der Waals surface area (Å²) in [6, 6.07) is 20.6. The molecule has 0 aromatic heterocycles. The van der Waals surface area contributed by atoms with Gasteiger partial charge in [0.25, 0.3) is 0 Å². The van der Waals surface area contributed by atoms with Crippen molar-refractivity contribution < 1.29 is 5.11 Å². The van der Waals surface area contributed by atoms with E-state index in [2.05, 4.69) is 53.5 Å². The highest BCUT2D eigenvalue weighted by molar-refractivity contribution is 5.21. The van der Waals surface area contributed by atoms with E-state index in [0.717, 1.165) is 18.7 Å². The minimum Gasteiger partial charge on any atom is -0.394 e. The van der Waals surface area contributed by atoms with Crippen LogP contribution in [0.2, 0.25) is 0 Å². The maximum atomic E-state index is 9.95. The van der Waals surface area contributed by atoms with Gasteiger partial charge in [-0.2, -0.15) is 0 Å². The molecule has 0 saturated carbocycles. The first-order valence-electron chi connectivity index (χ1n) is 8.06. The highest BCUT2D eigenvalue weighted by Gasteiger charge is 2.18. The molecular formula is C21H25NO. The van der Waals surface area contributed by atoms with E-state index in [0.29, 0.717) is 0 Å². The summed E-state index contributed by atoms with van der Waals surface area (Å²) >= 11 is 0. The highest BCUT2D eigenvalue weighted by Crippen LogP contribution is 2.22. The highest BCUT2D eigenvalue weighted by atomic mass is 16.3. The smallest absolute Gasteiger partial charge is 0.0628 e. The second kappa shape index (κ2) is 9.78. The van der Waals surface area contributed by atoms with E-state index in [9.17, 15) is 5.11 Å². The Labute approximate surface area is 139 Å². The molecule has 0 radical (unpaired) electrons. The van der Waals surface area contributed by atoms with Gasteiger partial charge in [-0.25, -0.2) is 0 Å². The van der Waals surface area contributed by atoms with Crippen LogP contribution in [0.15, 0.2) is 85.0 Å². The Bertz CT molecular complexity index is 604. The number of allylic oxidation sites excluding steroid dienone is 3. The molecule has 1 N–H and O–H groups in total. The molecule has 0 aliphatic rings. The average Bonchev–Trinajstić information content (AvgIpc) is 2.61. The van der Waals surface area contributed by atoms with Crippen LogP contribution in [0.5, 0.6) is 0 Å². The predicted octanol–water partition coefficient (Wildman–Crippen LogP) is 4.35. The van der Waals surface area contributed by atoms with Crippen molar-refractivity contribution in [3.8, 4) is 0 Å². The molecule has 0 heterocycles. The van der Waals surface area contributed by atoms with Gasteiger partial charge < -0.3 is 5.11 Å². The normalized spacial score (nSPS) is 13.2. The Morgan fingerprint density at radius 2 is 1.61 bits per heavy atom. The maximum Gasteiger partial charge on any atom is 0.0628 e. The molecule has 0 spiro atoms. The van der Waals surface area contributed by atoms with Gasteiger partial charge in [-0.05, 0) is 18.1 Å². The standard InChI is InChI=1S/C21H25NO/c1-2-3-4-11-16-22(17-19-12-7-5-8-13-19)21(18-23)20-14-9-6-10-15-20/h2-15,21,23H,16-18H2,1H3/b3-2+,11-4+/t21-/m0/s1. The van der Waals surface area contributed by atoms with E-state index in [-0.39, 0.29) is 12.6 Å². The summed E-state index contributed by atoms with van der Waals surface area (Å²) in [7, 11) is 0. The van der Waals surface area contributed by atoms with Gasteiger partial charge in [0.1, 0.15) is 0 Å². The minimum absolute atomic E-state index is 0.00772. The minimum atomic E-state index is -0.00772. The fourth-order valence-corrected chi connectivity index (χ4v) is 2.61. The molecule has 0 bridgehead atoms. The lowest BCUT2D eigenvalue weighted by molar-refractivity contribution is 0.128. The van der Waals surface area contributed by atoms with Crippen LogP contribution in [-0.4, -0.2) is 23.2 Å². The Morgan fingerprint density at radius 3 is 2.22 bits per heavy atom. The third kappa shape index (κ3) is 5.51. The van der Waals surface area contributed by atoms with Crippen molar-refractivity contribution in [2.45, 2.75) is 19.5 Å². The van der Waals surface area contributed by atoms with Gasteiger partial charge in [0.05, 0.1) is 12.6 Å². The van der Waals surface area contributed by atoms with Crippen molar-refractivity contribution in [1.29, 1.82) is 0 Å². The number of rotatable bonds is 8. The quantitative estimate of drug-likeness (QED) is 0.733. The molecule has 0 aliphatic carbocycles. The van der Waals surface area contributed by atoms with Crippen LogP contribution < -0.4 is 0 Å². The van der Waals surface area contributed by atoms with Gasteiger partial charge in [-0.3, -0.25) is 4.90 Å². The Balaban J connectivity index is 2.19. The Kier molecular flexibility index (Phi) is 7.31. The molecule has 1 atom stereocenters. The van der Waals surface area contributed by atoms with Crippen LogP contribution in [0, 0.1) is 0 Å². The number of aliphatic hydroxyl groups is 1. The zero-order valence-electron chi connectivity index (χ0n) is 13.7. The zero-order valence-corrected chi connectivity index (χ0v) is 13.7. The number of hydrogen-bond acceptors (Lipinski definition) is 2. The number of benzene rings is 2. The van der Waals surface area contributed by atoms with Gasteiger partial charge in [0.2, 0.25) is 0 Å². The first-order chi connectivity index (χ1) is 11.3. The molecule has 2 nitrogen and oxygen atoms in total. The summed E-state index contributed by atoms with van der Waals surface area (Å²) in [6.07, 6.45) is 8.22. The summed E-state index contributed by atoms with van der Waals surface area (Å²) in [4.78, 5) is 2.30. The average molecular weight is 307 g/mol. The molecule has 2 aromatic rings. The third-order valence-electron chi connectivity index (χ3n) is 3.81. The molecule has 23 heavy (non-hydrogen) atoms. The SMILES string of the molecule is C/C=C/C=C/CN(Cc1ccccc1)[C@@H](CO)c1ccccc1. The van der Waals surface area contributed by atoms with Gasteiger partial charge in [0.15, 0.2) is 0 Å². The second-order valence-electron chi connectivity index (χ2n) is 5.48. The maximum absolute atomic E-state index is 9.95. The summed E-state index contributed by atoms with van der Waals surface area (Å²) < 4.78 is 0. The Morgan fingerprint density at radius 1 is 0.957 bits per heavy atom. The van der Waals surface area contributed by atoms with E-state index in [1.807, 2.05) is 43.3 Å². The summed E-state index contributed by atoms with van der Waals surface area (Å²) in [5, 5.41) is 9.95. The van der Waals surface area contributed by atoms with Gasteiger partial charge in [0, 0.05) is 13.1 Å². The van der Waals surface area contributed by atoms with Crippen LogP contribution in [0.1, 0.15) is 24.1 Å². The summed E-state index contributed by atoms with van der Waals surface area (Å²) in [5.41, 5.74) is 2.40. The van der Waals surface area contributed by atoms with Crippen LogP contribution in [0.3, 0.4) is 0 Å².